The molecule has 10 nitrogen and oxygen atoms in total. The molecular weight excluding hydrogens is 416 g/mol. The molecule has 1 amide bonds. The maximum absolute atomic E-state index is 12.6. The molecule has 0 aliphatic carbocycles. The van der Waals surface area contributed by atoms with Gasteiger partial charge in [-0.25, -0.2) is 4.98 Å². The number of benzene rings is 2. The van der Waals surface area contributed by atoms with E-state index in [4.69, 9.17) is 21.1 Å². The molecule has 11 heteroatoms. The molecule has 1 aliphatic heterocycles. The lowest BCUT2D eigenvalue weighted by atomic mass is 10.2. The monoisotopic (exact) mass is 430 g/mol. The van der Waals surface area contributed by atoms with Crippen molar-refractivity contribution in [3.8, 4) is 11.5 Å². The van der Waals surface area contributed by atoms with Crippen molar-refractivity contribution in [1.82, 2.24) is 9.55 Å². The fourth-order valence-corrected chi connectivity index (χ4v) is 3.20. The van der Waals surface area contributed by atoms with Crippen molar-refractivity contribution in [3.05, 3.63) is 62.1 Å². The van der Waals surface area contributed by atoms with Crippen LogP contribution in [0.1, 0.15) is 6.42 Å². The first-order valence-corrected chi connectivity index (χ1v) is 9.33. The van der Waals surface area contributed by atoms with Crippen LogP contribution >= 0.6 is 11.6 Å². The quantitative estimate of drug-likeness (QED) is 0.498. The minimum atomic E-state index is -0.602. The van der Waals surface area contributed by atoms with Crippen LogP contribution in [0.25, 0.3) is 10.9 Å². The zero-order chi connectivity index (χ0) is 21.3. The van der Waals surface area contributed by atoms with Crippen LogP contribution in [0.5, 0.6) is 11.5 Å². The Morgan fingerprint density at radius 3 is 2.70 bits per heavy atom. The number of amides is 1. The van der Waals surface area contributed by atoms with Gasteiger partial charge in [0, 0.05) is 30.7 Å². The second-order valence-corrected chi connectivity index (χ2v) is 6.92. The van der Waals surface area contributed by atoms with Crippen LogP contribution < -0.4 is 20.3 Å². The van der Waals surface area contributed by atoms with E-state index in [1.54, 1.807) is 12.1 Å². The lowest BCUT2D eigenvalue weighted by molar-refractivity contribution is -0.384. The minimum absolute atomic E-state index is 0.0492. The molecule has 154 valence electrons. The molecule has 1 aromatic heterocycles. The Labute approximate surface area is 174 Å². The molecule has 0 saturated heterocycles. The lowest BCUT2D eigenvalue weighted by Crippen LogP contribution is -2.28. The SMILES string of the molecule is O=C(Cn1cnc2ccc([N+](=O)[O-])cc2c1=O)Nc1cc2c(cc1Cl)OCCCO2. The number of nitro benzene ring substituents is 1. The van der Waals surface area contributed by atoms with E-state index < -0.39 is 16.4 Å². The molecule has 0 unspecified atom stereocenters. The summed E-state index contributed by atoms with van der Waals surface area (Å²) in [4.78, 5) is 39.6. The highest BCUT2D eigenvalue weighted by atomic mass is 35.5. The summed E-state index contributed by atoms with van der Waals surface area (Å²) >= 11 is 6.22. The predicted molar refractivity (Wildman–Crippen MR) is 108 cm³/mol. The third-order valence-electron chi connectivity index (χ3n) is 4.44. The molecule has 0 spiro atoms. The fourth-order valence-electron chi connectivity index (χ4n) is 3.00. The van der Waals surface area contributed by atoms with Crippen LogP contribution in [0, 0.1) is 10.1 Å². The van der Waals surface area contributed by atoms with Gasteiger partial charge in [0.05, 0.1) is 46.1 Å². The normalized spacial score (nSPS) is 13.0. The van der Waals surface area contributed by atoms with Crippen molar-refractivity contribution < 1.29 is 19.2 Å². The molecule has 4 rings (SSSR count). The van der Waals surface area contributed by atoms with E-state index in [1.165, 1.54) is 18.5 Å². The number of rotatable bonds is 4. The fraction of sp³-hybridized carbons (Fsp3) is 0.211. The van der Waals surface area contributed by atoms with Crippen molar-refractivity contribution in [2.24, 2.45) is 0 Å². The van der Waals surface area contributed by atoms with Gasteiger partial charge in [0.25, 0.3) is 11.2 Å². The minimum Gasteiger partial charge on any atom is -0.490 e. The van der Waals surface area contributed by atoms with Crippen LogP contribution in [0.2, 0.25) is 5.02 Å². The van der Waals surface area contributed by atoms with E-state index in [0.29, 0.717) is 35.9 Å². The lowest BCUT2D eigenvalue weighted by Gasteiger charge is -2.13. The molecule has 3 aromatic rings. The van der Waals surface area contributed by atoms with Crippen molar-refractivity contribution in [2.75, 3.05) is 18.5 Å². The number of anilines is 1. The second kappa shape index (κ2) is 7.99. The first kappa shape index (κ1) is 19.6. The zero-order valence-corrected chi connectivity index (χ0v) is 16.2. The van der Waals surface area contributed by atoms with Gasteiger partial charge in [-0.15, -0.1) is 0 Å². The Bertz CT molecular complexity index is 1230. The average Bonchev–Trinajstić information content (AvgIpc) is 2.95. The highest BCUT2D eigenvalue weighted by Gasteiger charge is 2.17. The number of carbonyl (C=O) groups is 1. The number of nitrogens with zero attached hydrogens (tertiary/aromatic N) is 3. The number of nitrogens with one attached hydrogen (secondary N) is 1. The Morgan fingerprint density at radius 1 is 1.23 bits per heavy atom. The first-order valence-electron chi connectivity index (χ1n) is 8.95. The number of hydrogen-bond donors (Lipinski definition) is 1. The molecule has 1 N–H and O–H groups in total. The smallest absolute Gasteiger partial charge is 0.270 e. The number of aromatic nitrogens is 2. The summed E-state index contributed by atoms with van der Waals surface area (Å²) in [5.74, 6) is 0.427. The summed E-state index contributed by atoms with van der Waals surface area (Å²) in [5.41, 5.74) is -0.192. The van der Waals surface area contributed by atoms with Gasteiger partial charge < -0.3 is 14.8 Å². The van der Waals surface area contributed by atoms with E-state index in [1.807, 2.05) is 0 Å². The standard InChI is InChI=1S/C19H15ClN4O6/c20-13-7-16-17(30-5-1-4-29-16)8-15(13)22-18(25)9-23-10-21-14-3-2-11(24(27)28)6-12(14)19(23)26/h2-3,6-8,10H,1,4-5,9H2,(H,22,25). The number of carbonyl (C=O) groups excluding carboxylic acids is 1. The molecule has 0 saturated carbocycles. The van der Waals surface area contributed by atoms with Gasteiger partial charge in [0.2, 0.25) is 5.91 Å². The van der Waals surface area contributed by atoms with Crippen LogP contribution in [-0.4, -0.2) is 33.6 Å². The highest BCUT2D eigenvalue weighted by molar-refractivity contribution is 6.34. The summed E-state index contributed by atoms with van der Waals surface area (Å²) in [6.07, 6.45) is 1.94. The summed E-state index contributed by atoms with van der Waals surface area (Å²) in [6.45, 7) is 0.632. The Hall–Kier alpha value is -3.66. The Kier molecular flexibility index (Phi) is 5.23. The molecular formula is C19H15ClN4O6. The highest BCUT2D eigenvalue weighted by Crippen LogP contribution is 2.37. The molecule has 1 aliphatic rings. The number of nitro groups is 1. The number of hydrogen-bond acceptors (Lipinski definition) is 7. The van der Waals surface area contributed by atoms with Gasteiger partial charge in [0.15, 0.2) is 11.5 Å². The van der Waals surface area contributed by atoms with Crippen molar-refractivity contribution in [2.45, 2.75) is 13.0 Å². The van der Waals surface area contributed by atoms with E-state index >= 15 is 0 Å². The third kappa shape index (κ3) is 3.90. The third-order valence-corrected chi connectivity index (χ3v) is 4.76. The van der Waals surface area contributed by atoms with Crippen LogP contribution in [0.4, 0.5) is 11.4 Å². The molecule has 0 fully saturated rings. The van der Waals surface area contributed by atoms with Crippen molar-refractivity contribution in [3.63, 3.8) is 0 Å². The molecule has 2 aromatic carbocycles. The Morgan fingerprint density at radius 2 is 1.97 bits per heavy atom. The summed E-state index contributed by atoms with van der Waals surface area (Å²) in [7, 11) is 0. The molecule has 0 radical (unpaired) electrons. The average molecular weight is 431 g/mol. The number of fused-ring (bicyclic) bond motifs is 2. The summed E-state index contributed by atoms with van der Waals surface area (Å²) in [6, 6.07) is 6.90. The van der Waals surface area contributed by atoms with Crippen LogP contribution in [-0.2, 0) is 11.3 Å². The van der Waals surface area contributed by atoms with Crippen LogP contribution in [0.3, 0.4) is 0 Å². The summed E-state index contributed by atoms with van der Waals surface area (Å²) in [5, 5.41) is 13.9. The van der Waals surface area contributed by atoms with Gasteiger partial charge in [-0.2, -0.15) is 0 Å². The van der Waals surface area contributed by atoms with E-state index in [-0.39, 0.29) is 22.6 Å². The largest absolute Gasteiger partial charge is 0.490 e. The zero-order valence-electron chi connectivity index (χ0n) is 15.5. The molecule has 0 atom stereocenters. The van der Waals surface area contributed by atoms with Crippen molar-refractivity contribution in [1.29, 1.82) is 0 Å². The molecule has 2 heterocycles. The number of ether oxygens (including phenoxy) is 2. The maximum atomic E-state index is 12.6. The van der Waals surface area contributed by atoms with Gasteiger partial charge in [-0.05, 0) is 6.07 Å². The van der Waals surface area contributed by atoms with Crippen LogP contribution in [0.15, 0.2) is 41.5 Å². The number of halogens is 1. The van der Waals surface area contributed by atoms with Gasteiger partial charge in [-0.3, -0.25) is 24.3 Å². The van der Waals surface area contributed by atoms with Crippen molar-refractivity contribution >= 4 is 39.8 Å². The molecule has 30 heavy (non-hydrogen) atoms. The van der Waals surface area contributed by atoms with Gasteiger partial charge in [-0.1, -0.05) is 11.6 Å². The first-order chi connectivity index (χ1) is 14.4. The van der Waals surface area contributed by atoms with Gasteiger partial charge >= 0.3 is 0 Å². The second-order valence-electron chi connectivity index (χ2n) is 6.51. The topological polar surface area (TPSA) is 126 Å². The van der Waals surface area contributed by atoms with E-state index in [0.717, 1.165) is 17.1 Å². The Balaban J connectivity index is 1.58. The molecule has 0 bridgehead atoms. The summed E-state index contributed by atoms with van der Waals surface area (Å²) < 4.78 is 12.2. The number of non-ortho nitro benzene ring substituents is 1. The van der Waals surface area contributed by atoms with E-state index in [2.05, 4.69) is 10.3 Å². The maximum Gasteiger partial charge on any atom is 0.270 e. The predicted octanol–water partition coefficient (Wildman–Crippen LogP) is 2.76. The van der Waals surface area contributed by atoms with Gasteiger partial charge in [0.1, 0.15) is 6.54 Å². The van der Waals surface area contributed by atoms with E-state index in [9.17, 15) is 19.7 Å².